The number of hydrogen-bond donors (Lipinski definition) is 1. The first kappa shape index (κ1) is 20.8. The molecule has 0 unspecified atom stereocenters. The van der Waals surface area contributed by atoms with Crippen molar-refractivity contribution in [1.82, 2.24) is 24.5 Å². The first-order valence-electron chi connectivity index (χ1n) is 10.3. The Morgan fingerprint density at radius 2 is 1.82 bits per heavy atom. The number of fused-ring (bicyclic) bond motifs is 1. The third-order valence-electron chi connectivity index (χ3n) is 5.23. The molecule has 0 saturated carbocycles. The third-order valence-corrected chi connectivity index (χ3v) is 6.02. The SMILES string of the molecule is Cc1nc(Oc2ccc(NC(=O)c3ccc4ncsc4c3)cc2)cc(-n2cnc(C)c2C)n1. The number of nitrogens with zero attached hydrogens (tertiary/aromatic N) is 5. The summed E-state index contributed by atoms with van der Waals surface area (Å²) < 4.78 is 8.83. The lowest BCUT2D eigenvalue weighted by atomic mass is 10.2. The number of amides is 1. The fourth-order valence-corrected chi connectivity index (χ4v) is 4.07. The lowest BCUT2D eigenvalue weighted by Crippen LogP contribution is -2.11. The Hall–Kier alpha value is -4.11. The van der Waals surface area contributed by atoms with Crippen LogP contribution in [0.4, 0.5) is 5.69 Å². The Morgan fingerprint density at radius 3 is 2.58 bits per heavy atom. The molecule has 0 bridgehead atoms. The second-order valence-electron chi connectivity index (χ2n) is 7.51. The number of anilines is 1. The molecule has 1 N–H and O–H groups in total. The number of rotatable bonds is 5. The topological polar surface area (TPSA) is 94.8 Å². The van der Waals surface area contributed by atoms with Gasteiger partial charge in [0, 0.05) is 23.0 Å². The van der Waals surface area contributed by atoms with Gasteiger partial charge in [0.2, 0.25) is 5.88 Å². The van der Waals surface area contributed by atoms with Crippen LogP contribution in [-0.2, 0) is 0 Å². The van der Waals surface area contributed by atoms with Crippen LogP contribution >= 0.6 is 11.3 Å². The molecule has 164 valence electrons. The zero-order chi connectivity index (χ0) is 22.9. The molecular weight excluding hydrogens is 436 g/mol. The van der Waals surface area contributed by atoms with E-state index in [4.69, 9.17) is 4.74 Å². The quantitative estimate of drug-likeness (QED) is 0.389. The number of imidazole rings is 1. The Bertz CT molecular complexity index is 1470. The molecule has 0 aliphatic rings. The highest BCUT2D eigenvalue weighted by Crippen LogP contribution is 2.25. The number of thiazole rings is 1. The van der Waals surface area contributed by atoms with E-state index >= 15 is 0 Å². The summed E-state index contributed by atoms with van der Waals surface area (Å²) in [6.45, 7) is 5.76. The normalized spacial score (nSPS) is 11.0. The number of nitrogens with one attached hydrogen (secondary N) is 1. The predicted molar refractivity (Wildman–Crippen MR) is 127 cm³/mol. The summed E-state index contributed by atoms with van der Waals surface area (Å²) in [5, 5.41) is 2.91. The van der Waals surface area contributed by atoms with Gasteiger partial charge in [0.1, 0.15) is 23.7 Å². The molecule has 0 saturated heterocycles. The second kappa shape index (κ2) is 8.44. The maximum Gasteiger partial charge on any atom is 0.255 e. The van der Waals surface area contributed by atoms with Crippen LogP contribution in [0.5, 0.6) is 11.6 Å². The average Bonchev–Trinajstić information content (AvgIpc) is 3.40. The van der Waals surface area contributed by atoms with Gasteiger partial charge in [-0.05, 0) is 63.2 Å². The highest BCUT2D eigenvalue weighted by atomic mass is 32.1. The standard InChI is InChI=1S/C24H20N6O2S/c1-14-15(2)30(12-25-14)22-11-23(28-16(3)27-22)32-19-7-5-18(6-8-19)29-24(31)17-4-9-20-21(10-17)33-13-26-20/h4-13H,1-3H3,(H,29,31). The number of benzene rings is 2. The molecule has 0 spiro atoms. The molecule has 3 heterocycles. The fourth-order valence-electron chi connectivity index (χ4n) is 3.36. The summed E-state index contributed by atoms with van der Waals surface area (Å²) in [4.78, 5) is 30.1. The molecule has 8 nitrogen and oxygen atoms in total. The van der Waals surface area contributed by atoms with Crippen LogP contribution in [0.2, 0.25) is 0 Å². The van der Waals surface area contributed by atoms with Gasteiger partial charge in [-0.25, -0.2) is 15.0 Å². The van der Waals surface area contributed by atoms with E-state index in [0.717, 1.165) is 21.6 Å². The Morgan fingerprint density at radius 1 is 1.00 bits per heavy atom. The Kier molecular flexibility index (Phi) is 5.31. The fraction of sp³-hybridized carbons (Fsp3) is 0.125. The number of ether oxygens (including phenoxy) is 1. The minimum atomic E-state index is -0.180. The van der Waals surface area contributed by atoms with E-state index in [0.29, 0.717) is 34.5 Å². The first-order valence-corrected chi connectivity index (χ1v) is 11.1. The number of aromatic nitrogens is 5. The largest absolute Gasteiger partial charge is 0.439 e. The van der Waals surface area contributed by atoms with Crippen molar-refractivity contribution in [3.8, 4) is 17.4 Å². The van der Waals surface area contributed by atoms with Crippen molar-refractivity contribution in [2.75, 3.05) is 5.32 Å². The lowest BCUT2D eigenvalue weighted by molar-refractivity contribution is 0.102. The van der Waals surface area contributed by atoms with Gasteiger partial charge in [0.05, 0.1) is 21.4 Å². The highest BCUT2D eigenvalue weighted by molar-refractivity contribution is 7.16. The summed E-state index contributed by atoms with van der Waals surface area (Å²) in [6, 6.07) is 14.4. The van der Waals surface area contributed by atoms with Crippen molar-refractivity contribution in [2.45, 2.75) is 20.8 Å². The molecule has 9 heteroatoms. The highest BCUT2D eigenvalue weighted by Gasteiger charge is 2.11. The van der Waals surface area contributed by atoms with Crippen LogP contribution in [-0.4, -0.2) is 30.4 Å². The van der Waals surface area contributed by atoms with Crippen molar-refractivity contribution in [2.24, 2.45) is 0 Å². The second-order valence-corrected chi connectivity index (χ2v) is 8.40. The van der Waals surface area contributed by atoms with Crippen molar-refractivity contribution in [1.29, 1.82) is 0 Å². The van der Waals surface area contributed by atoms with Crippen LogP contribution in [0.25, 0.3) is 16.0 Å². The minimum Gasteiger partial charge on any atom is -0.439 e. The first-order chi connectivity index (χ1) is 16.0. The molecule has 33 heavy (non-hydrogen) atoms. The van der Waals surface area contributed by atoms with Crippen LogP contribution < -0.4 is 10.1 Å². The molecule has 5 rings (SSSR count). The molecule has 1 amide bonds. The van der Waals surface area contributed by atoms with E-state index in [9.17, 15) is 4.79 Å². The van der Waals surface area contributed by atoms with Crippen LogP contribution in [0.3, 0.4) is 0 Å². The Balaban J connectivity index is 1.31. The van der Waals surface area contributed by atoms with Gasteiger partial charge >= 0.3 is 0 Å². The summed E-state index contributed by atoms with van der Waals surface area (Å²) in [5.74, 6) is 2.13. The number of carbonyl (C=O) groups excluding carboxylic acids is 1. The molecule has 0 aliphatic carbocycles. The lowest BCUT2D eigenvalue weighted by Gasteiger charge is -2.10. The minimum absolute atomic E-state index is 0.180. The smallest absolute Gasteiger partial charge is 0.255 e. The van der Waals surface area contributed by atoms with Gasteiger partial charge in [-0.3, -0.25) is 9.36 Å². The van der Waals surface area contributed by atoms with Crippen LogP contribution in [0.1, 0.15) is 27.6 Å². The van der Waals surface area contributed by atoms with Crippen LogP contribution in [0.15, 0.2) is 60.4 Å². The Labute approximate surface area is 194 Å². The molecule has 5 aromatic rings. The van der Waals surface area contributed by atoms with Crippen molar-refractivity contribution in [3.63, 3.8) is 0 Å². The predicted octanol–water partition coefficient (Wildman–Crippen LogP) is 5.24. The molecular formula is C24H20N6O2S. The van der Waals surface area contributed by atoms with Crippen molar-refractivity contribution in [3.05, 3.63) is 83.1 Å². The average molecular weight is 457 g/mol. The van der Waals surface area contributed by atoms with E-state index in [-0.39, 0.29) is 5.91 Å². The molecule has 0 aliphatic heterocycles. The number of hydrogen-bond acceptors (Lipinski definition) is 7. The van der Waals surface area contributed by atoms with Crippen molar-refractivity contribution >= 4 is 33.1 Å². The summed E-state index contributed by atoms with van der Waals surface area (Å²) in [6.07, 6.45) is 1.74. The van der Waals surface area contributed by atoms with E-state index < -0.39 is 0 Å². The van der Waals surface area contributed by atoms with Gasteiger partial charge in [-0.1, -0.05) is 0 Å². The summed E-state index contributed by atoms with van der Waals surface area (Å²) >= 11 is 1.51. The zero-order valence-corrected chi connectivity index (χ0v) is 19.1. The summed E-state index contributed by atoms with van der Waals surface area (Å²) in [7, 11) is 0. The third kappa shape index (κ3) is 4.31. The van der Waals surface area contributed by atoms with Gasteiger partial charge in [-0.15, -0.1) is 11.3 Å². The monoisotopic (exact) mass is 456 g/mol. The molecule has 0 fully saturated rings. The molecule has 2 aromatic carbocycles. The maximum atomic E-state index is 12.6. The van der Waals surface area contributed by atoms with Crippen LogP contribution in [0, 0.1) is 20.8 Å². The molecule has 0 radical (unpaired) electrons. The molecule has 3 aromatic heterocycles. The number of aryl methyl sites for hydroxylation is 2. The van der Waals surface area contributed by atoms with E-state index in [1.54, 1.807) is 48.2 Å². The van der Waals surface area contributed by atoms with E-state index in [1.807, 2.05) is 37.5 Å². The molecule has 0 atom stereocenters. The zero-order valence-electron chi connectivity index (χ0n) is 18.2. The van der Waals surface area contributed by atoms with Gasteiger partial charge in [0.15, 0.2) is 0 Å². The van der Waals surface area contributed by atoms with Crippen molar-refractivity contribution < 1.29 is 9.53 Å². The van der Waals surface area contributed by atoms with Gasteiger partial charge in [-0.2, -0.15) is 4.98 Å². The van der Waals surface area contributed by atoms with E-state index in [1.165, 1.54) is 11.3 Å². The maximum absolute atomic E-state index is 12.6. The number of carbonyl (C=O) groups is 1. The summed E-state index contributed by atoms with van der Waals surface area (Å²) in [5.41, 5.74) is 5.86. The van der Waals surface area contributed by atoms with Gasteiger partial charge < -0.3 is 10.1 Å². The van der Waals surface area contributed by atoms with E-state index in [2.05, 4.69) is 25.3 Å². The van der Waals surface area contributed by atoms with Gasteiger partial charge in [0.25, 0.3) is 5.91 Å².